The molecule has 0 N–H and O–H groups in total. The third-order valence-corrected chi connectivity index (χ3v) is 6.34. The average molecular weight is 285 g/mol. The van der Waals surface area contributed by atoms with E-state index in [2.05, 4.69) is 16.9 Å². The first kappa shape index (κ1) is 13.1. The molecule has 0 radical (unpaired) electrons. The normalized spacial score (nSPS) is 28.5. The molecule has 2 aliphatic rings. The fourth-order valence-electron chi connectivity index (χ4n) is 2.67. The van der Waals surface area contributed by atoms with Crippen molar-refractivity contribution in [3.63, 3.8) is 0 Å². The van der Waals surface area contributed by atoms with Crippen molar-refractivity contribution in [2.45, 2.75) is 42.6 Å². The molecular weight excluding hydrogens is 266 g/mol. The van der Waals surface area contributed by atoms with Crippen LogP contribution in [0.5, 0.6) is 0 Å². The van der Waals surface area contributed by atoms with Crippen molar-refractivity contribution in [3.8, 4) is 0 Å². The number of hydrogen-bond acceptors (Lipinski definition) is 5. The van der Waals surface area contributed by atoms with Crippen LogP contribution in [0.4, 0.5) is 0 Å². The summed E-state index contributed by atoms with van der Waals surface area (Å²) in [5.41, 5.74) is 0.813. The lowest BCUT2D eigenvalue weighted by atomic mass is 10.2. The Hall–Kier alpha value is -0.920. The van der Waals surface area contributed by atoms with Crippen LogP contribution in [0, 0.1) is 0 Å². The summed E-state index contributed by atoms with van der Waals surface area (Å²) in [5.74, 6) is 0. The summed E-state index contributed by atoms with van der Waals surface area (Å²) in [6.45, 7) is 4.32. The lowest BCUT2D eigenvalue weighted by Gasteiger charge is -2.31. The molecule has 0 aliphatic carbocycles. The van der Waals surface area contributed by atoms with Gasteiger partial charge in [0.25, 0.3) is 0 Å². The van der Waals surface area contributed by atoms with Crippen LogP contribution in [-0.4, -0.2) is 54.7 Å². The number of aromatic nitrogens is 2. The molecule has 7 heteroatoms. The monoisotopic (exact) mass is 285 g/mol. The quantitative estimate of drug-likeness (QED) is 0.781. The molecule has 19 heavy (non-hydrogen) atoms. The minimum absolute atomic E-state index is 0.305. The maximum absolute atomic E-state index is 12.6. The molecular formula is C12H19N3O3S. The summed E-state index contributed by atoms with van der Waals surface area (Å²) < 4.78 is 32.2. The van der Waals surface area contributed by atoms with Crippen LogP contribution in [0.15, 0.2) is 11.1 Å². The third kappa shape index (κ3) is 2.09. The zero-order valence-corrected chi connectivity index (χ0v) is 12.1. The second-order valence-electron chi connectivity index (χ2n) is 5.43. The van der Waals surface area contributed by atoms with Gasteiger partial charge in [0, 0.05) is 19.2 Å². The van der Waals surface area contributed by atoms with Gasteiger partial charge >= 0.3 is 0 Å². The van der Waals surface area contributed by atoms with Crippen LogP contribution in [0.25, 0.3) is 0 Å². The highest BCUT2D eigenvalue weighted by molar-refractivity contribution is 7.92. The van der Waals surface area contributed by atoms with Crippen LogP contribution >= 0.6 is 0 Å². The number of ether oxygens (including phenoxy) is 1. The molecule has 1 aromatic rings. The maximum Gasteiger partial charge on any atom is 0.187 e. The van der Waals surface area contributed by atoms with Gasteiger partial charge in [0.2, 0.25) is 0 Å². The largest absolute Gasteiger partial charge is 0.380 e. The van der Waals surface area contributed by atoms with Gasteiger partial charge < -0.3 is 4.74 Å². The van der Waals surface area contributed by atoms with Gasteiger partial charge in [-0.2, -0.15) is 5.10 Å². The van der Waals surface area contributed by atoms with Crippen LogP contribution in [0.3, 0.4) is 0 Å². The van der Waals surface area contributed by atoms with Crippen molar-refractivity contribution < 1.29 is 13.2 Å². The Bertz CT molecular complexity index is 575. The summed E-state index contributed by atoms with van der Waals surface area (Å²) in [5, 5.41) is 3.84. The van der Waals surface area contributed by atoms with E-state index < -0.39 is 15.1 Å². The van der Waals surface area contributed by atoms with Crippen LogP contribution in [0.2, 0.25) is 0 Å². The van der Waals surface area contributed by atoms with Gasteiger partial charge in [0.05, 0.1) is 30.3 Å². The molecule has 2 unspecified atom stereocenters. The first-order valence-electron chi connectivity index (χ1n) is 6.56. The second kappa shape index (κ2) is 4.57. The third-order valence-electron chi connectivity index (χ3n) is 4.13. The zero-order valence-electron chi connectivity index (χ0n) is 11.2. The first-order chi connectivity index (χ1) is 9.00. The molecule has 2 aliphatic heterocycles. The Morgan fingerprint density at radius 1 is 1.47 bits per heavy atom. The Balaban J connectivity index is 1.99. The van der Waals surface area contributed by atoms with Gasteiger partial charge in [0.1, 0.15) is 4.90 Å². The Labute approximate surface area is 113 Å². The van der Waals surface area contributed by atoms with Crippen LogP contribution in [0.1, 0.15) is 19.0 Å². The molecule has 0 aromatic carbocycles. The van der Waals surface area contributed by atoms with Crippen LogP contribution < -0.4 is 0 Å². The molecule has 0 amide bonds. The van der Waals surface area contributed by atoms with Gasteiger partial charge in [0.15, 0.2) is 9.84 Å². The summed E-state index contributed by atoms with van der Waals surface area (Å²) in [6.07, 6.45) is 2.09. The SMILES string of the molecule is CC1Cn2ncc(S(=O)(=O)C3CCOC3)c2CN1C. The molecule has 106 valence electrons. The summed E-state index contributed by atoms with van der Waals surface area (Å²) >= 11 is 0. The molecule has 3 rings (SSSR count). The highest BCUT2D eigenvalue weighted by Crippen LogP contribution is 2.28. The predicted octanol–water partition coefficient (Wildman–Crippen LogP) is 0.280. The molecule has 1 aromatic heterocycles. The number of hydrogen-bond donors (Lipinski definition) is 0. The van der Waals surface area contributed by atoms with Crippen molar-refractivity contribution in [2.24, 2.45) is 0 Å². The van der Waals surface area contributed by atoms with Gasteiger partial charge in [-0.1, -0.05) is 0 Å². The topological polar surface area (TPSA) is 64.4 Å². The number of nitrogens with zero attached hydrogens (tertiary/aromatic N) is 3. The van der Waals surface area contributed by atoms with E-state index in [1.54, 1.807) is 0 Å². The van der Waals surface area contributed by atoms with Crippen molar-refractivity contribution in [2.75, 3.05) is 20.3 Å². The second-order valence-corrected chi connectivity index (χ2v) is 7.63. The van der Waals surface area contributed by atoms with E-state index >= 15 is 0 Å². The summed E-state index contributed by atoms with van der Waals surface area (Å²) in [6, 6.07) is 0.373. The Kier molecular flexibility index (Phi) is 3.15. The number of fused-ring (bicyclic) bond motifs is 1. The van der Waals surface area contributed by atoms with E-state index in [1.165, 1.54) is 6.20 Å². The van der Waals surface area contributed by atoms with E-state index in [4.69, 9.17) is 4.74 Å². The molecule has 6 nitrogen and oxygen atoms in total. The van der Waals surface area contributed by atoms with E-state index in [0.29, 0.717) is 37.1 Å². The number of likely N-dealkylation sites (N-methyl/N-ethyl adjacent to an activating group) is 1. The molecule has 1 saturated heterocycles. The van der Waals surface area contributed by atoms with E-state index in [0.717, 1.165) is 12.2 Å². The molecule has 0 bridgehead atoms. The maximum atomic E-state index is 12.6. The first-order valence-corrected chi connectivity index (χ1v) is 8.11. The molecule has 3 heterocycles. The molecule has 1 fully saturated rings. The van der Waals surface area contributed by atoms with Gasteiger partial charge in [-0.25, -0.2) is 8.42 Å². The molecule has 0 spiro atoms. The lowest BCUT2D eigenvalue weighted by molar-refractivity contribution is 0.180. The lowest BCUT2D eigenvalue weighted by Crippen LogP contribution is -2.39. The van der Waals surface area contributed by atoms with Gasteiger partial charge in [-0.15, -0.1) is 0 Å². The minimum atomic E-state index is -3.31. The molecule has 0 saturated carbocycles. The summed E-state index contributed by atoms with van der Waals surface area (Å²) in [4.78, 5) is 2.54. The van der Waals surface area contributed by atoms with E-state index in [-0.39, 0.29) is 0 Å². The van der Waals surface area contributed by atoms with Gasteiger partial charge in [-0.05, 0) is 20.4 Å². The highest BCUT2D eigenvalue weighted by Gasteiger charge is 2.36. The standard InChI is InChI=1S/C12H19N3O3S/c1-9-6-15-11(7-14(9)2)12(5-13-15)19(16,17)10-3-4-18-8-10/h5,9-10H,3-4,6-8H2,1-2H3. The molecule has 2 atom stereocenters. The van der Waals surface area contributed by atoms with E-state index in [1.807, 2.05) is 11.7 Å². The Morgan fingerprint density at radius 3 is 2.95 bits per heavy atom. The fraction of sp³-hybridized carbons (Fsp3) is 0.750. The smallest absolute Gasteiger partial charge is 0.187 e. The van der Waals surface area contributed by atoms with Crippen LogP contribution in [-0.2, 0) is 27.7 Å². The van der Waals surface area contributed by atoms with Crippen molar-refractivity contribution in [1.29, 1.82) is 0 Å². The fourth-order valence-corrected chi connectivity index (χ4v) is 4.40. The predicted molar refractivity (Wildman–Crippen MR) is 69.6 cm³/mol. The number of rotatable bonds is 2. The number of sulfone groups is 1. The highest BCUT2D eigenvalue weighted by atomic mass is 32.2. The van der Waals surface area contributed by atoms with Gasteiger partial charge in [-0.3, -0.25) is 9.58 Å². The summed E-state index contributed by atoms with van der Waals surface area (Å²) in [7, 11) is -1.30. The average Bonchev–Trinajstić information content (AvgIpc) is 2.98. The minimum Gasteiger partial charge on any atom is -0.380 e. The Morgan fingerprint density at radius 2 is 2.26 bits per heavy atom. The van der Waals surface area contributed by atoms with Crippen molar-refractivity contribution in [3.05, 3.63) is 11.9 Å². The van der Waals surface area contributed by atoms with Crippen molar-refractivity contribution in [1.82, 2.24) is 14.7 Å². The van der Waals surface area contributed by atoms with Crippen molar-refractivity contribution >= 4 is 9.84 Å². The zero-order chi connectivity index (χ0) is 13.6. The van der Waals surface area contributed by atoms with E-state index in [9.17, 15) is 8.42 Å².